The molecule has 1 saturated heterocycles. The Labute approximate surface area is 125 Å². The zero-order valence-corrected chi connectivity index (χ0v) is 12.8. The number of nitrogen functional groups attached to an aromatic ring is 1. The molecule has 1 atom stereocenters. The fourth-order valence-electron chi connectivity index (χ4n) is 2.23. The summed E-state index contributed by atoms with van der Waals surface area (Å²) in [5.41, 5.74) is 6.77. The monoisotopic (exact) mass is 293 g/mol. The zero-order valence-electron chi connectivity index (χ0n) is 12.8. The van der Waals surface area contributed by atoms with Crippen molar-refractivity contribution in [3.05, 3.63) is 24.0 Å². The van der Waals surface area contributed by atoms with Crippen LogP contribution in [0.5, 0.6) is 0 Å². The maximum atomic E-state index is 12.3. The van der Waals surface area contributed by atoms with Crippen LogP contribution in [0, 0.1) is 0 Å². The first-order chi connectivity index (χ1) is 9.85. The molecule has 21 heavy (non-hydrogen) atoms. The molecule has 6 heteroatoms. The van der Waals surface area contributed by atoms with Crippen molar-refractivity contribution < 1.29 is 14.3 Å². The molecule has 2 N–H and O–H groups in total. The first kappa shape index (κ1) is 15.6. The summed E-state index contributed by atoms with van der Waals surface area (Å²) in [6.45, 7) is 7.12. The minimum absolute atomic E-state index is 0.0806. The van der Waals surface area contributed by atoms with Gasteiger partial charge < -0.3 is 20.1 Å². The van der Waals surface area contributed by atoms with Crippen molar-refractivity contribution in [3.63, 3.8) is 0 Å². The van der Waals surface area contributed by atoms with Crippen LogP contribution in [0.2, 0.25) is 0 Å². The third-order valence-corrected chi connectivity index (χ3v) is 3.14. The Bertz CT molecular complexity index is 499. The van der Waals surface area contributed by atoms with E-state index in [4.69, 9.17) is 15.2 Å². The minimum Gasteiger partial charge on any atom is -0.444 e. The molecule has 0 aromatic carbocycles. The summed E-state index contributed by atoms with van der Waals surface area (Å²) in [5, 5.41) is 0. The van der Waals surface area contributed by atoms with E-state index >= 15 is 0 Å². The molecule has 1 fully saturated rings. The average molecular weight is 293 g/mol. The van der Waals surface area contributed by atoms with Gasteiger partial charge in [-0.25, -0.2) is 4.79 Å². The Morgan fingerprint density at radius 2 is 2.33 bits per heavy atom. The van der Waals surface area contributed by atoms with E-state index in [9.17, 15) is 4.79 Å². The molecule has 0 bridgehead atoms. The van der Waals surface area contributed by atoms with Crippen LogP contribution < -0.4 is 5.73 Å². The Kier molecular flexibility index (Phi) is 4.67. The van der Waals surface area contributed by atoms with Crippen LogP contribution in [0.4, 0.5) is 10.5 Å². The minimum atomic E-state index is -0.505. The molecule has 0 aliphatic carbocycles. The van der Waals surface area contributed by atoms with Crippen LogP contribution in [0.3, 0.4) is 0 Å². The Hall–Kier alpha value is -1.82. The van der Waals surface area contributed by atoms with Crippen LogP contribution in [-0.4, -0.2) is 47.4 Å². The van der Waals surface area contributed by atoms with Crippen molar-refractivity contribution in [2.45, 2.75) is 38.8 Å². The van der Waals surface area contributed by atoms with E-state index in [1.165, 1.54) is 0 Å². The van der Waals surface area contributed by atoms with Gasteiger partial charge in [0.1, 0.15) is 5.60 Å². The number of carbonyl (C=O) groups excluding carboxylic acids is 1. The van der Waals surface area contributed by atoms with E-state index < -0.39 is 5.60 Å². The quantitative estimate of drug-likeness (QED) is 0.900. The maximum absolute atomic E-state index is 12.3. The highest BCUT2D eigenvalue weighted by Gasteiger charge is 2.31. The number of aromatic nitrogens is 1. The second kappa shape index (κ2) is 6.30. The Morgan fingerprint density at radius 3 is 3.00 bits per heavy atom. The highest BCUT2D eigenvalue weighted by molar-refractivity contribution is 5.68. The van der Waals surface area contributed by atoms with Gasteiger partial charge in [0, 0.05) is 30.5 Å². The third-order valence-electron chi connectivity index (χ3n) is 3.14. The molecule has 0 unspecified atom stereocenters. The standard InChI is InChI=1S/C15H23N3O3/c1-15(2,3)21-14(19)18-6-7-20-10-13(18)9-12-8-11(16)4-5-17-12/h4-5,8,13H,6-7,9-10H2,1-3H3,(H2,16,17)/t13-/m0/s1. The van der Waals surface area contributed by atoms with Crippen molar-refractivity contribution in [1.29, 1.82) is 0 Å². The van der Waals surface area contributed by atoms with Crippen molar-refractivity contribution in [2.75, 3.05) is 25.5 Å². The topological polar surface area (TPSA) is 77.7 Å². The summed E-state index contributed by atoms with van der Waals surface area (Å²) in [6, 6.07) is 3.48. The van der Waals surface area contributed by atoms with Gasteiger partial charge in [-0.2, -0.15) is 0 Å². The fourth-order valence-corrected chi connectivity index (χ4v) is 2.23. The molecule has 0 saturated carbocycles. The summed E-state index contributed by atoms with van der Waals surface area (Å²) < 4.78 is 10.9. The van der Waals surface area contributed by atoms with Gasteiger partial charge in [-0.15, -0.1) is 0 Å². The lowest BCUT2D eigenvalue weighted by molar-refractivity contribution is -0.0321. The molecular formula is C15H23N3O3. The molecule has 2 heterocycles. The lowest BCUT2D eigenvalue weighted by Crippen LogP contribution is -2.51. The van der Waals surface area contributed by atoms with Crippen molar-refractivity contribution >= 4 is 11.8 Å². The molecule has 1 aliphatic heterocycles. The molecule has 0 spiro atoms. The van der Waals surface area contributed by atoms with Gasteiger partial charge in [0.25, 0.3) is 0 Å². The predicted octanol–water partition coefficient (Wildman–Crippen LogP) is 1.84. The molecule has 1 aromatic rings. The predicted molar refractivity (Wildman–Crippen MR) is 79.9 cm³/mol. The number of anilines is 1. The first-order valence-corrected chi connectivity index (χ1v) is 7.13. The van der Waals surface area contributed by atoms with Gasteiger partial charge in [0.05, 0.1) is 19.3 Å². The van der Waals surface area contributed by atoms with Gasteiger partial charge in [0.2, 0.25) is 0 Å². The number of pyridine rings is 1. The van der Waals surface area contributed by atoms with Gasteiger partial charge in [-0.05, 0) is 32.9 Å². The molecule has 1 aliphatic rings. The normalized spacial score (nSPS) is 19.4. The van der Waals surface area contributed by atoms with E-state index in [-0.39, 0.29) is 12.1 Å². The molecule has 116 valence electrons. The SMILES string of the molecule is CC(C)(C)OC(=O)N1CCOC[C@@H]1Cc1cc(N)ccn1. The zero-order chi connectivity index (χ0) is 15.5. The van der Waals surface area contributed by atoms with E-state index in [1.807, 2.05) is 26.8 Å². The number of carbonyl (C=O) groups is 1. The van der Waals surface area contributed by atoms with Crippen LogP contribution in [-0.2, 0) is 15.9 Å². The first-order valence-electron chi connectivity index (χ1n) is 7.13. The molecule has 2 rings (SSSR count). The Balaban J connectivity index is 2.06. The number of nitrogens with zero attached hydrogens (tertiary/aromatic N) is 2. The van der Waals surface area contributed by atoms with E-state index in [0.29, 0.717) is 31.9 Å². The van der Waals surface area contributed by atoms with Gasteiger partial charge in [-0.1, -0.05) is 0 Å². The number of hydrogen-bond donors (Lipinski definition) is 1. The number of rotatable bonds is 2. The van der Waals surface area contributed by atoms with Crippen LogP contribution in [0.15, 0.2) is 18.3 Å². The number of nitrogens with two attached hydrogens (primary N) is 1. The average Bonchev–Trinajstić information content (AvgIpc) is 2.37. The van der Waals surface area contributed by atoms with Crippen molar-refractivity contribution in [3.8, 4) is 0 Å². The number of amides is 1. The summed E-state index contributed by atoms with van der Waals surface area (Å²) in [6.07, 6.45) is 1.97. The van der Waals surface area contributed by atoms with Gasteiger partial charge in [-0.3, -0.25) is 4.98 Å². The second-order valence-corrected chi connectivity index (χ2v) is 6.19. The summed E-state index contributed by atoms with van der Waals surface area (Å²) >= 11 is 0. The highest BCUT2D eigenvalue weighted by atomic mass is 16.6. The summed E-state index contributed by atoms with van der Waals surface area (Å²) in [4.78, 5) is 18.3. The molecule has 0 radical (unpaired) electrons. The fraction of sp³-hybridized carbons (Fsp3) is 0.600. The molecule has 1 aromatic heterocycles. The molecule has 6 nitrogen and oxygen atoms in total. The lowest BCUT2D eigenvalue weighted by Gasteiger charge is -2.36. The smallest absolute Gasteiger partial charge is 0.410 e. The van der Waals surface area contributed by atoms with E-state index in [0.717, 1.165) is 5.69 Å². The van der Waals surface area contributed by atoms with E-state index in [1.54, 1.807) is 17.2 Å². The van der Waals surface area contributed by atoms with Gasteiger partial charge >= 0.3 is 6.09 Å². The van der Waals surface area contributed by atoms with Crippen LogP contribution in [0.25, 0.3) is 0 Å². The largest absolute Gasteiger partial charge is 0.444 e. The van der Waals surface area contributed by atoms with Crippen molar-refractivity contribution in [2.24, 2.45) is 0 Å². The lowest BCUT2D eigenvalue weighted by atomic mass is 10.1. The molecular weight excluding hydrogens is 270 g/mol. The summed E-state index contributed by atoms with van der Waals surface area (Å²) in [7, 11) is 0. The highest BCUT2D eigenvalue weighted by Crippen LogP contribution is 2.17. The second-order valence-electron chi connectivity index (χ2n) is 6.19. The molecule has 1 amide bonds. The number of ether oxygens (including phenoxy) is 2. The van der Waals surface area contributed by atoms with Gasteiger partial charge in [0.15, 0.2) is 0 Å². The van der Waals surface area contributed by atoms with Crippen LogP contribution >= 0.6 is 0 Å². The van der Waals surface area contributed by atoms with Crippen molar-refractivity contribution in [1.82, 2.24) is 9.88 Å². The number of hydrogen-bond acceptors (Lipinski definition) is 5. The number of morpholine rings is 1. The van der Waals surface area contributed by atoms with E-state index in [2.05, 4.69) is 4.98 Å². The summed E-state index contributed by atoms with van der Waals surface area (Å²) in [5.74, 6) is 0. The van der Waals surface area contributed by atoms with Crippen LogP contribution in [0.1, 0.15) is 26.5 Å². The maximum Gasteiger partial charge on any atom is 0.410 e. The third kappa shape index (κ3) is 4.60. The Morgan fingerprint density at radius 1 is 1.57 bits per heavy atom.